The van der Waals surface area contributed by atoms with Gasteiger partial charge in [-0.2, -0.15) is 5.10 Å². The molecule has 0 bridgehead atoms. The molecule has 0 spiro atoms. The first-order valence-corrected chi connectivity index (χ1v) is 9.23. The molecule has 3 heteroatoms. The van der Waals surface area contributed by atoms with Crippen LogP contribution in [-0.4, -0.2) is 11.6 Å². The SMILES string of the molecule is CCCCCC(=NNC(=O)C1[C@H]2CCCC[C@H]12)c1ccccc1. The lowest BCUT2D eigenvalue weighted by atomic mass is 10.0. The molecule has 3 rings (SSSR count). The summed E-state index contributed by atoms with van der Waals surface area (Å²) in [6, 6.07) is 10.2. The van der Waals surface area contributed by atoms with Crippen LogP contribution < -0.4 is 5.43 Å². The Morgan fingerprint density at radius 2 is 1.83 bits per heavy atom. The van der Waals surface area contributed by atoms with Crippen LogP contribution in [0.4, 0.5) is 0 Å². The molecule has 2 aliphatic carbocycles. The highest BCUT2D eigenvalue weighted by Crippen LogP contribution is 2.55. The molecule has 1 aromatic carbocycles. The predicted octanol–water partition coefficient (Wildman–Crippen LogP) is 4.52. The summed E-state index contributed by atoms with van der Waals surface area (Å²) < 4.78 is 0. The summed E-state index contributed by atoms with van der Waals surface area (Å²) >= 11 is 0. The van der Waals surface area contributed by atoms with Gasteiger partial charge in [-0.15, -0.1) is 0 Å². The van der Waals surface area contributed by atoms with Crippen molar-refractivity contribution in [3.8, 4) is 0 Å². The Kier molecular flexibility index (Phi) is 5.47. The minimum Gasteiger partial charge on any atom is -0.273 e. The van der Waals surface area contributed by atoms with Gasteiger partial charge in [0.2, 0.25) is 5.91 Å². The van der Waals surface area contributed by atoms with Gasteiger partial charge in [0.05, 0.1) is 5.71 Å². The van der Waals surface area contributed by atoms with Crippen LogP contribution in [0.15, 0.2) is 35.4 Å². The Balaban J connectivity index is 1.62. The summed E-state index contributed by atoms with van der Waals surface area (Å²) in [6.07, 6.45) is 9.49. The lowest BCUT2D eigenvalue weighted by Gasteiger charge is -2.07. The predicted molar refractivity (Wildman–Crippen MR) is 94.2 cm³/mol. The summed E-state index contributed by atoms with van der Waals surface area (Å²) in [7, 11) is 0. The maximum Gasteiger partial charge on any atom is 0.243 e. The molecule has 3 nitrogen and oxygen atoms in total. The number of carbonyl (C=O) groups excluding carboxylic acids is 1. The smallest absolute Gasteiger partial charge is 0.243 e. The number of benzene rings is 1. The fraction of sp³-hybridized carbons (Fsp3) is 0.600. The largest absolute Gasteiger partial charge is 0.273 e. The van der Waals surface area contributed by atoms with Crippen LogP contribution in [0.25, 0.3) is 0 Å². The number of hydrogen-bond acceptors (Lipinski definition) is 2. The molecule has 2 saturated carbocycles. The molecule has 0 saturated heterocycles. The summed E-state index contributed by atoms with van der Waals surface area (Å²) in [5.41, 5.74) is 5.01. The van der Waals surface area contributed by atoms with E-state index in [1.807, 2.05) is 18.2 Å². The van der Waals surface area contributed by atoms with E-state index in [0.717, 1.165) is 24.1 Å². The number of nitrogens with zero attached hydrogens (tertiary/aromatic N) is 1. The van der Waals surface area contributed by atoms with Crippen LogP contribution in [0.3, 0.4) is 0 Å². The minimum atomic E-state index is 0.144. The molecule has 23 heavy (non-hydrogen) atoms. The number of hydrazone groups is 1. The molecule has 2 fully saturated rings. The van der Waals surface area contributed by atoms with E-state index in [1.165, 1.54) is 38.5 Å². The molecule has 0 unspecified atom stereocenters. The molecular weight excluding hydrogens is 284 g/mol. The van der Waals surface area contributed by atoms with Crippen LogP contribution in [0.5, 0.6) is 0 Å². The second kappa shape index (κ2) is 7.76. The van der Waals surface area contributed by atoms with Gasteiger partial charge in [-0.1, -0.05) is 62.9 Å². The molecule has 0 radical (unpaired) electrons. The molecule has 0 aliphatic heterocycles. The van der Waals surface area contributed by atoms with E-state index >= 15 is 0 Å². The van der Waals surface area contributed by atoms with Gasteiger partial charge in [0.1, 0.15) is 0 Å². The summed E-state index contributed by atoms with van der Waals surface area (Å²) in [5, 5.41) is 4.50. The number of carbonyl (C=O) groups is 1. The molecule has 1 N–H and O–H groups in total. The zero-order valence-electron chi connectivity index (χ0n) is 14.1. The van der Waals surface area contributed by atoms with Crippen molar-refractivity contribution < 1.29 is 4.79 Å². The molecular formula is C20H28N2O. The van der Waals surface area contributed by atoms with Crippen LogP contribution in [0.2, 0.25) is 0 Å². The first-order valence-electron chi connectivity index (χ1n) is 9.23. The Hall–Kier alpha value is -1.64. The monoisotopic (exact) mass is 312 g/mol. The van der Waals surface area contributed by atoms with Crippen molar-refractivity contribution in [2.75, 3.05) is 0 Å². The summed E-state index contributed by atoms with van der Waals surface area (Å²) in [5.74, 6) is 1.65. The maximum absolute atomic E-state index is 12.4. The molecule has 124 valence electrons. The topological polar surface area (TPSA) is 41.5 Å². The van der Waals surface area contributed by atoms with Crippen molar-refractivity contribution in [2.45, 2.75) is 58.3 Å². The Bertz CT molecular complexity index is 540. The van der Waals surface area contributed by atoms with Gasteiger partial charge in [-0.25, -0.2) is 5.43 Å². The number of amides is 1. The van der Waals surface area contributed by atoms with Gasteiger partial charge in [-0.05, 0) is 43.1 Å². The Morgan fingerprint density at radius 3 is 2.48 bits per heavy atom. The molecule has 1 amide bonds. The second-order valence-electron chi connectivity index (χ2n) is 7.00. The first kappa shape index (κ1) is 16.2. The third-order valence-electron chi connectivity index (χ3n) is 5.38. The molecule has 0 aromatic heterocycles. The van der Waals surface area contributed by atoms with E-state index in [2.05, 4.69) is 29.6 Å². The lowest BCUT2D eigenvalue weighted by Crippen LogP contribution is -2.23. The summed E-state index contributed by atoms with van der Waals surface area (Å²) in [6.45, 7) is 2.20. The van der Waals surface area contributed by atoms with Gasteiger partial charge in [0.25, 0.3) is 0 Å². The molecule has 1 aromatic rings. The van der Waals surface area contributed by atoms with Gasteiger partial charge in [0, 0.05) is 5.92 Å². The zero-order valence-corrected chi connectivity index (χ0v) is 14.1. The highest BCUT2D eigenvalue weighted by Gasteiger charge is 2.54. The number of unbranched alkanes of at least 4 members (excludes halogenated alkanes) is 2. The number of rotatable bonds is 7. The van der Waals surface area contributed by atoms with Crippen LogP contribution in [0, 0.1) is 17.8 Å². The van der Waals surface area contributed by atoms with Crippen LogP contribution in [0.1, 0.15) is 63.9 Å². The highest BCUT2D eigenvalue weighted by molar-refractivity contribution is 6.01. The standard InChI is InChI=1S/C20H28N2O/c1-2-3-5-14-18(15-10-6-4-7-11-15)21-22-20(23)19-16-12-8-9-13-17(16)19/h4,6-7,10-11,16-17,19H,2-3,5,8-9,12-14H2,1H3,(H,22,23)/t16-,17-/m0/s1. The van der Waals surface area contributed by atoms with E-state index in [0.29, 0.717) is 11.8 Å². The Morgan fingerprint density at radius 1 is 1.13 bits per heavy atom. The van der Waals surface area contributed by atoms with Crippen molar-refractivity contribution in [1.82, 2.24) is 5.43 Å². The third kappa shape index (κ3) is 4.01. The molecule has 2 atom stereocenters. The van der Waals surface area contributed by atoms with Crippen molar-refractivity contribution in [3.05, 3.63) is 35.9 Å². The van der Waals surface area contributed by atoms with Crippen molar-refractivity contribution >= 4 is 11.6 Å². The van der Waals surface area contributed by atoms with E-state index in [4.69, 9.17) is 0 Å². The van der Waals surface area contributed by atoms with Crippen LogP contribution in [-0.2, 0) is 4.79 Å². The van der Waals surface area contributed by atoms with Crippen molar-refractivity contribution in [2.24, 2.45) is 22.9 Å². The van der Waals surface area contributed by atoms with E-state index < -0.39 is 0 Å². The number of nitrogens with one attached hydrogen (secondary N) is 1. The second-order valence-corrected chi connectivity index (χ2v) is 7.00. The van der Waals surface area contributed by atoms with Crippen molar-refractivity contribution in [3.63, 3.8) is 0 Å². The molecule has 2 aliphatic rings. The average Bonchev–Trinajstić information content (AvgIpc) is 3.33. The first-order chi connectivity index (χ1) is 11.3. The van der Waals surface area contributed by atoms with E-state index in [9.17, 15) is 4.79 Å². The molecule has 0 heterocycles. The van der Waals surface area contributed by atoms with E-state index in [-0.39, 0.29) is 11.8 Å². The van der Waals surface area contributed by atoms with E-state index in [1.54, 1.807) is 0 Å². The minimum absolute atomic E-state index is 0.144. The maximum atomic E-state index is 12.4. The Labute approximate surface area is 139 Å². The summed E-state index contributed by atoms with van der Waals surface area (Å²) in [4.78, 5) is 12.4. The van der Waals surface area contributed by atoms with Crippen LogP contribution >= 0.6 is 0 Å². The zero-order chi connectivity index (χ0) is 16.1. The van der Waals surface area contributed by atoms with Crippen molar-refractivity contribution in [1.29, 1.82) is 0 Å². The quantitative estimate of drug-likeness (QED) is 0.449. The third-order valence-corrected chi connectivity index (χ3v) is 5.38. The highest BCUT2D eigenvalue weighted by atomic mass is 16.2. The van der Waals surface area contributed by atoms with Gasteiger partial charge in [-0.3, -0.25) is 4.79 Å². The number of fused-ring (bicyclic) bond motifs is 1. The van der Waals surface area contributed by atoms with Gasteiger partial charge >= 0.3 is 0 Å². The fourth-order valence-electron chi connectivity index (χ4n) is 4.02. The van der Waals surface area contributed by atoms with Gasteiger partial charge in [0.15, 0.2) is 0 Å². The average molecular weight is 312 g/mol. The fourth-order valence-corrected chi connectivity index (χ4v) is 4.02. The lowest BCUT2D eigenvalue weighted by molar-refractivity contribution is -0.122. The number of hydrogen-bond donors (Lipinski definition) is 1. The van der Waals surface area contributed by atoms with Gasteiger partial charge < -0.3 is 0 Å². The normalized spacial score (nSPS) is 26.5.